The molecule has 1 saturated heterocycles. The van der Waals surface area contributed by atoms with Crippen LogP contribution in [0.2, 0.25) is 0 Å². The zero-order chi connectivity index (χ0) is 11.1. The average Bonchev–Trinajstić information content (AvgIpc) is 2.29. The molecule has 0 saturated carbocycles. The summed E-state index contributed by atoms with van der Waals surface area (Å²) in [7, 11) is 0. The zero-order valence-electron chi connectivity index (χ0n) is 9.38. The lowest BCUT2D eigenvalue weighted by molar-refractivity contribution is 0.0861. The van der Waals surface area contributed by atoms with Crippen LogP contribution in [-0.4, -0.2) is 35.1 Å². The number of unbranched alkanes of at least 4 members (excludes halogenated alkanes) is 1. The van der Waals surface area contributed by atoms with Crippen molar-refractivity contribution in [1.82, 2.24) is 4.90 Å². The molecule has 3 nitrogen and oxygen atoms in total. The molecule has 15 heavy (non-hydrogen) atoms. The highest BCUT2D eigenvalue weighted by Gasteiger charge is 2.23. The smallest absolute Gasteiger partial charge is 0.409 e. The number of carbonyl (C=O) groups excluding carboxylic acids is 1. The lowest BCUT2D eigenvalue weighted by atomic mass is 10.0. The molecule has 0 N–H and O–H groups in total. The fourth-order valence-electron chi connectivity index (χ4n) is 1.75. The van der Waals surface area contributed by atoms with E-state index in [-0.39, 0.29) is 6.09 Å². The van der Waals surface area contributed by atoms with Crippen LogP contribution in [0.3, 0.4) is 0 Å². The van der Waals surface area contributed by atoms with Crippen LogP contribution in [0, 0.1) is 5.92 Å². The minimum Gasteiger partial charge on any atom is -0.449 e. The van der Waals surface area contributed by atoms with Gasteiger partial charge in [-0.05, 0) is 25.2 Å². The molecular formula is C11H20INO2. The first-order chi connectivity index (χ1) is 7.27. The van der Waals surface area contributed by atoms with Gasteiger partial charge in [0.05, 0.1) is 6.61 Å². The molecule has 1 aliphatic heterocycles. The Morgan fingerprint density at radius 3 is 3.07 bits per heavy atom. The van der Waals surface area contributed by atoms with Gasteiger partial charge >= 0.3 is 6.09 Å². The van der Waals surface area contributed by atoms with Gasteiger partial charge in [-0.25, -0.2) is 4.79 Å². The van der Waals surface area contributed by atoms with Crippen molar-refractivity contribution in [2.75, 3.05) is 24.1 Å². The van der Waals surface area contributed by atoms with Crippen molar-refractivity contribution in [2.24, 2.45) is 5.92 Å². The molecule has 0 bridgehead atoms. The second kappa shape index (κ2) is 7.30. The molecule has 0 aromatic rings. The van der Waals surface area contributed by atoms with Gasteiger partial charge in [-0.15, -0.1) is 0 Å². The van der Waals surface area contributed by atoms with E-state index in [1.807, 2.05) is 4.90 Å². The van der Waals surface area contributed by atoms with Gasteiger partial charge in [0.1, 0.15) is 0 Å². The highest BCUT2D eigenvalue weighted by atomic mass is 127. The first-order valence-corrected chi connectivity index (χ1v) is 7.28. The third kappa shape index (κ3) is 4.57. The zero-order valence-corrected chi connectivity index (χ0v) is 11.5. The molecule has 0 aromatic heterocycles. The maximum Gasteiger partial charge on any atom is 0.409 e. The first-order valence-electron chi connectivity index (χ1n) is 5.75. The van der Waals surface area contributed by atoms with Gasteiger partial charge in [0.2, 0.25) is 0 Å². The Hall–Kier alpha value is 0. The molecule has 0 aromatic carbocycles. The van der Waals surface area contributed by atoms with Gasteiger partial charge in [-0.1, -0.05) is 35.9 Å². The number of likely N-dealkylation sites (tertiary alicyclic amines) is 1. The predicted octanol–water partition coefficient (Wildman–Crippen LogP) is 3.07. The second-order valence-corrected chi connectivity index (χ2v) is 4.96. The summed E-state index contributed by atoms with van der Waals surface area (Å²) in [5.74, 6) is 0.665. The summed E-state index contributed by atoms with van der Waals surface area (Å²) in [4.78, 5) is 13.5. The van der Waals surface area contributed by atoms with E-state index in [0.29, 0.717) is 12.5 Å². The Morgan fingerprint density at radius 1 is 1.60 bits per heavy atom. The summed E-state index contributed by atoms with van der Waals surface area (Å²) in [6, 6.07) is 0. The number of ether oxygens (including phenoxy) is 1. The minimum absolute atomic E-state index is 0.113. The van der Waals surface area contributed by atoms with Gasteiger partial charge in [-0.2, -0.15) is 0 Å². The van der Waals surface area contributed by atoms with Gasteiger partial charge in [0.15, 0.2) is 0 Å². The lowest BCUT2D eigenvalue weighted by Crippen LogP contribution is -2.40. The molecule has 1 aliphatic rings. The van der Waals surface area contributed by atoms with Crippen LogP contribution in [-0.2, 0) is 4.74 Å². The normalized spacial score (nSPS) is 21.5. The van der Waals surface area contributed by atoms with Crippen molar-refractivity contribution in [1.29, 1.82) is 0 Å². The van der Waals surface area contributed by atoms with E-state index in [1.54, 1.807) is 0 Å². The molecule has 88 valence electrons. The number of alkyl halides is 1. The average molecular weight is 325 g/mol. The standard InChI is InChI=1S/C11H20INO2/c1-2-3-7-15-11(14)13-6-4-5-10(8-12)9-13/h10H,2-9H2,1H3/t10-/m0/s1. The third-order valence-electron chi connectivity index (χ3n) is 2.72. The minimum atomic E-state index is -0.113. The van der Waals surface area contributed by atoms with Crippen LogP contribution in [0.25, 0.3) is 0 Å². The van der Waals surface area contributed by atoms with Crippen LogP contribution in [0.15, 0.2) is 0 Å². The number of amides is 1. The highest BCUT2D eigenvalue weighted by molar-refractivity contribution is 14.1. The molecule has 0 unspecified atom stereocenters. The predicted molar refractivity (Wildman–Crippen MR) is 69.4 cm³/mol. The Balaban J connectivity index is 2.25. The van der Waals surface area contributed by atoms with E-state index in [9.17, 15) is 4.79 Å². The lowest BCUT2D eigenvalue weighted by Gasteiger charge is -2.31. The Morgan fingerprint density at radius 2 is 2.40 bits per heavy atom. The molecule has 1 amide bonds. The van der Waals surface area contributed by atoms with Crippen molar-refractivity contribution in [3.05, 3.63) is 0 Å². The van der Waals surface area contributed by atoms with Crippen LogP contribution < -0.4 is 0 Å². The number of carbonyl (C=O) groups is 1. The van der Waals surface area contributed by atoms with E-state index < -0.39 is 0 Å². The summed E-state index contributed by atoms with van der Waals surface area (Å²) in [5, 5.41) is 0. The van der Waals surface area contributed by atoms with E-state index in [1.165, 1.54) is 6.42 Å². The van der Waals surface area contributed by atoms with Crippen LogP contribution in [0.4, 0.5) is 4.79 Å². The van der Waals surface area contributed by atoms with Crippen LogP contribution >= 0.6 is 22.6 Å². The molecule has 4 heteroatoms. The molecule has 0 radical (unpaired) electrons. The number of rotatable bonds is 4. The largest absolute Gasteiger partial charge is 0.449 e. The molecule has 0 aliphatic carbocycles. The number of nitrogens with zero attached hydrogens (tertiary/aromatic N) is 1. The molecule has 1 rings (SSSR count). The SMILES string of the molecule is CCCCOC(=O)N1CCC[C@@H](CI)C1. The van der Waals surface area contributed by atoms with Crippen molar-refractivity contribution in [3.8, 4) is 0 Å². The summed E-state index contributed by atoms with van der Waals surface area (Å²) < 4.78 is 6.33. The molecule has 0 spiro atoms. The van der Waals surface area contributed by atoms with Gasteiger partial charge in [0.25, 0.3) is 0 Å². The van der Waals surface area contributed by atoms with Gasteiger partial charge in [0, 0.05) is 17.5 Å². The summed E-state index contributed by atoms with van der Waals surface area (Å²) in [6.45, 7) is 4.42. The van der Waals surface area contributed by atoms with E-state index in [4.69, 9.17) is 4.74 Å². The van der Waals surface area contributed by atoms with Crippen molar-refractivity contribution in [3.63, 3.8) is 0 Å². The fraction of sp³-hybridized carbons (Fsp3) is 0.909. The molecule has 1 fully saturated rings. The Kier molecular flexibility index (Phi) is 6.36. The van der Waals surface area contributed by atoms with Gasteiger partial charge < -0.3 is 9.64 Å². The number of halogens is 1. The maximum atomic E-state index is 11.6. The topological polar surface area (TPSA) is 29.5 Å². The highest BCUT2D eigenvalue weighted by Crippen LogP contribution is 2.18. The number of hydrogen-bond donors (Lipinski definition) is 0. The van der Waals surface area contributed by atoms with Crippen molar-refractivity contribution >= 4 is 28.7 Å². The van der Waals surface area contributed by atoms with Crippen LogP contribution in [0.1, 0.15) is 32.6 Å². The van der Waals surface area contributed by atoms with Crippen molar-refractivity contribution < 1.29 is 9.53 Å². The number of piperidine rings is 1. The Bertz CT molecular complexity index is 199. The van der Waals surface area contributed by atoms with Gasteiger partial charge in [-0.3, -0.25) is 0 Å². The third-order valence-corrected chi connectivity index (χ3v) is 3.96. The molecule has 1 heterocycles. The fourth-order valence-corrected chi connectivity index (χ4v) is 2.47. The van der Waals surface area contributed by atoms with E-state index in [2.05, 4.69) is 29.5 Å². The first kappa shape index (κ1) is 13.1. The van der Waals surface area contributed by atoms with E-state index in [0.717, 1.165) is 36.8 Å². The summed E-state index contributed by atoms with van der Waals surface area (Å²) in [6.07, 6.45) is 4.30. The van der Waals surface area contributed by atoms with Crippen molar-refractivity contribution in [2.45, 2.75) is 32.6 Å². The quantitative estimate of drug-likeness (QED) is 0.452. The molecular weight excluding hydrogens is 305 g/mol. The Labute approximate surface area is 106 Å². The molecule has 1 atom stereocenters. The summed E-state index contributed by atoms with van der Waals surface area (Å²) in [5.41, 5.74) is 0. The summed E-state index contributed by atoms with van der Waals surface area (Å²) >= 11 is 2.40. The van der Waals surface area contributed by atoms with Crippen LogP contribution in [0.5, 0.6) is 0 Å². The monoisotopic (exact) mass is 325 g/mol. The second-order valence-electron chi connectivity index (χ2n) is 4.08. The van der Waals surface area contributed by atoms with E-state index >= 15 is 0 Å². The maximum absolute atomic E-state index is 11.6. The number of hydrogen-bond acceptors (Lipinski definition) is 2.